The second-order valence-electron chi connectivity index (χ2n) is 3.17. The van der Waals surface area contributed by atoms with Crippen LogP contribution in [0.1, 0.15) is 12.7 Å². The second-order valence-corrected chi connectivity index (χ2v) is 3.55. The summed E-state index contributed by atoms with van der Waals surface area (Å²) in [6.45, 7) is 4.83. The summed E-state index contributed by atoms with van der Waals surface area (Å²) in [7, 11) is 0. The molecule has 0 atom stereocenters. The number of phenolic OH excluding ortho intramolecular Hbond substituents is 1. The number of aromatic nitrogens is 2. The molecule has 0 aliphatic heterocycles. The van der Waals surface area contributed by atoms with Crippen LogP contribution in [0, 0.1) is 6.92 Å². The van der Waals surface area contributed by atoms with Crippen molar-refractivity contribution in [2.24, 2.45) is 0 Å². The molecule has 0 unspecified atom stereocenters. The first kappa shape index (κ1) is 9.34. The number of nitrogens with zero attached hydrogens (tertiary/aromatic N) is 2. The molecule has 2 aromatic rings. The van der Waals surface area contributed by atoms with E-state index in [0.717, 1.165) is 17.9 Å². The van der Waals surface area contributed by atoms with Gasteiger partial charge in [0.15, 0.2) is 0 Å². The van der Waals surface area contributed by atoms with Gasteiger partial charge in [-0.1, -0.05) is 11.6 Å². The number of halogens is 1. The Morgan fingerprint density at radius 1 is 1.50 bits per heavy atom. The highest BCUT2D eigenvalue weighted by molar-refractivity contribution is 6.36. The van der Waals surface area contributed by atoms with Gasteiger partial charge in [-0.2, -0.15) is 0 Å². The van der Waals surface area contributed by atoms with Gasteiger partial charge in [0.25, 0.3) is 0 Å². The molecule has 0 radical (unpaired) electrons. The summed E-state index contributed by atoms with van der Waals surface area (Å²) in [5.74, 6) is 0.995. The van der Waals surface area contributed by atoms with E-state index in [1.54, 1.807) is 6.07 Å². The minimum absolute atomic E-state index is 0.0833. The third-order valence-electron chi connectivity index (χ3n) is 2.35. The number of imidazole rings is 1. The van der Waals surface area contributed by atoms with Crippen molar-refractivity contribution in [1.82, 2.24) is 9.55 Å². The van der Waals surface area contributed by atoms with Crippen LogP contribution in [0.25, 0.3) is 11.0 Å². The summed E-state index contributed by atoms with van der Waals surface area (Å²) in [4.78, 5) is 4.32. The number of aryl methyl sites for hydroxylation is 2. The average molecular weight is 211 g/mol. The first-order valence-electron chi connectivity index (χ1n) is 4.49. The molecule has 1 N–H and O–H groups in total. The van der Waals surface area contributed by atoms with Gasteiger partial charge >= 0.3 is 0 Å². The van der Waals surface area contributed by atoms with Gasteiger partial charge in [-0.05, 0) is 26.0 Å². The van der Waals surface area contributed by atoms with E-state index in [0.29, 0.717) is 10.5 Å². The number of rotatable bonds is 1. The van der Waals surface area contributed by atoms with Gasteiger partial charge in [-0.15, -0.1) is 0 Å². The highest BCUT2D eigenvalue weighted by atomic mass is 35.5. The lowest BCUT2D eigenvalue weighted by Gasteiger charge is -2.02. The predicted octanol–water partition coefficient (Wildman–Crippen LogP) is 2.72. The molecule has 0 saturated heterocycles. The molecule has 14 heavy (non-hydrogen) atoms. The lowest BCUT2D eigenvalue weighted by Crippen LogP contribution is -1.95. The Balaban J connectivity index is 2.87. The minimum atomic E-state index is 0.0833. The number of hydrogen-bond donors (Lipinski definition) is 1. The van der Waals surface area contributed by atoms with E-state index in [2.05, 4.69) is 16.5 Å². The Morgan fingerprint density at radius 3 is 2.86 bits per heavy atom. The molecule has 0 bridgehead atoms. The van der Waals surface area contributed by atoms with Crippen LogP contribution in [0.15, 0.2) is 12.1 Å². The first-order valence-corrected chi connectivity index (χ1v) is 4.87. The maximum Gasteiger partial charge on any atom is 0.136 e. The zero-order valence-electron chi connectivity index (χ0n) is 8.08. The number of phenols is 1. The first-order chi connectivity index (χ1) is 6.65. The van der Waals surface area contributed by atoms with Crippen LogP contribution >= 0.6 is 11.6 Å². The van der Waals surface area contributed by atoms with Crippen LogP contribution in [0.3, 0.4) is 0 Å². The largest absolute Gasteiger partial charge is 0.506 e. The zero-order valence-corrected chi connectivity index (χ0v) is 8.84. The third-order valence-corrected chi connectivity index (χ3v) is 2.72. The van der Waals surface area contributed by atoms with E-state index in [-0.39, 0.29) is 5.75 Å². The molecule has 0 fully saturated rings. The number of benzene rings is 1. The van der Waals surface area contributed by atoms with Gasteiger partial charge in [0.05, 0.1) is 5.52 Å². The van der Waals surface area contributed by atoms with Crippen molar-refractivity contribution < 1.29 is 5.11 Å². The van der Waals surface area contributed by atoms with Crippen molar-refractivity contribution in [2.75, 3.05) is 0 Å². The maximum absolute atomic E-state index is 9.41. The number of hydrogen-bond acceptors (Lipinski definition) is 2. The SMILES string of the molecule is CCn1c(C)nc2c(Cl)c(O)ccc21. The van der Waals surface area contributed by atoms with Gasteiger partial charge in [0.2, 0.25) is 0 Å². The fraction of sp³-hybridized carbons (Fsp3) is 0.300. The molecule has 1 aromatic carbocycles. The van der Waals surface area contributed by atoms with Crippen molar-refractivity contribution in [2.45, 2.75) is 20.4 Å². The Morgan fingerprint density at radius 2 is 2.21 bits per heavy atom. The lowest BCUT2D eigenvalue weighted by molar-refractivity contribution is 0.476. The maximum atomic E-state index is 9.41. The van der Waals surface area contributed by atoms with E-state index in [1.807, 2.05) is 13.0 Å². The van der Waals surface area contributed by atoms with E-state index >= 15 is 0 Å². The molecule has 0 aliphatic rings. The minimum Gasteiger partial charge on any atom is -0.506 e. The topological polar surface area (TPSA) is 38.0 Å². The number of fused-ring (bicyclic) bond motifs is 1. The van der Waals surface area contributed by atoms with Gasteiger partial charge < -0.3 is 9.67 Å². The molecule has 74 valence electrons. The van der Waals surface area contributed by atoms with E-state index in [9.17, 15) is 5.11 Å². The molecular formula is C10H11ClN2O. The smallest absolute Gasteiger partial charge is 0.136 e. The van der Waals surface area contributed by atoms with Crippen LogP contribution in [0.2, 0.25) is 5.02 Å². The predicted molar refractivity (Wildman–Crippen MR) is 56.8 cm³/mol. The Bertz CT molecular complexity index is 490. The van der Waals surface area contributed by atoms with Crippen LogP contribution in [0.4, 0.5) is 0 Å². The molecule has 0 aliphatic carbocycles. The van der Waals surface area contributed by atoms with Crippen LogP contribution in [-0.4, -0.2) is 14.7 Å². The van der Waals surface area contributed by atoms with Crippen LogP contribution in [0.5, 0.6) is 5.75 Å². The molecule has 1 heterocycles. The Kier molecular flexibility index (Phi) is 2.11. The third kappa shape index (κ3) is 1.16. The van der Waals surface area contributed by atoms with Gasteiger partial charge in [0.1, 0.15) is 22.1 Å². The Labute approximate surface area is 86.9 Å². The van der Waals surface area contributed by atoms with Crippen molar-refractivity contribution in [3.05, 3.63) is 23.0 Å². The van der Waals surface area contributed by atoms with Gasteiger partial charge in [-0.25, -0.2) is 4.98 Å². The average Bonchev–Trinajstić information content (AvgIpc) is 2.49. The van der Waals surface area contributed by atoms with E-state index in [4.69, 9.17) is 11.6 Å². The molecule has 0 amide bonds. The molecule has 1 aromatic heterocycles. The molecule has 0 spiro atoms. The van der Waals surface area contributed by atoms with Crippen molar-refractivity contribution in [3.8, 4) is 5.75 Å². The van der Waals surface area contributed by atoms with E-state index in [1.165, 1.54) is 0 Å². The van der Waals surface area contributed by atoms with Crippen LogP contribution < -0.4 is 0 Å². The summed E-state index contributed by atoms with van der Waals surface area (Å²) in [5.41, 5.74) is 1.64. The molecule has 0 saturated carbocycles. The van der Waals surface area contributed by atoms with Crippen molar-refractivity contribution in [3.63, 3.8) is 0 Å². The van der Waals surface area contributed by atoms with Crippen molar-refractivity contribution in [1.29, 1.82) is 0 Å². The molecular weight excluding hydrogens is 200 g/mol. The molecule has 2 rings (SSSR count). The summed E-state index contributed by atoms with van der Waals surface area (Å²) in [6.07, 6.45) is 0. The summed E-state index contributed by atoms with van der Waals surface area (Å²) in [5, 5.41) is 9.74. The number of aromatic hydroxyl groups is 1. The monoisotopic (exact) mass is 210 g/mol. The molecule has 3 nitrogen and oxygen atoms in total. The highest BCUT2D eigenvalue weighted by Gasteiger charge is 2.11. The fourth-order valence-electron chi connectivity index (χ4n) is 1.66. The highest BCUT2D eigenvalue weighted by Crippen LogP contribution is 2.31. The van der Waals surface area contributed by atoms with E-state index < -0.39 is 0 Å². The van der Waals surface area contributed by atoms with Gasteiger partial charge in [-0.3, -0.25) is 0 Å². The quantitative estimate of drug-likeness (QED) is 0.786. The molecule has 4 heteroatoms. The standard InChI is InChI=1S/C10H11ClN2O/c1-3-13-6(2)12-10-7(13)4-5-8(14)9(10)11/h4-5,14H,3H2,1-2H3. The second kappa shape index (κ2) is 3.17. The normalized spacial score (nSPS) is 11.1. The Hall–Kier alpha value is -1.22. The summed E-state index contributed by atoms with van der Waals surface area (Å²) >= 11 is 5.94. The summed E-state index contributed by atoms with van der Waals surface area (Å²) in [6, 6.07) is 3.43. The van der Waals surface area contributed by atoms with Crippen LogP contribution in [-0.2, 0) is 6.54 Å². The van der Waals surface area contributed by atoms with Crippen molar-refractivity contribution >= 4 is 22.6 Å². The summed E-state index contributed by atoms with van der Waals surface area (Å²) < 4.78 is 2.06. The zero-order chi connectivity index (χ0) is 10.3. The van der Waals surface area contributed by atoms with Gasteiger partial charge in [0, 0.05) is 6.54 Å². The lowest BCUT2D eigenvalue weighted by atomic mass is 10.3. The fourth-order valence-corrected chi connectivity index (χ4v) is 1.87.